The third-order valence-corrected chi connectivity index (χ3v) is 3.66. The average Bonchev–Trinajstić information content (AvgIpc) is 2.31. The lowest BCUT2D eigenvalue weighted by molar-refractivity contribution is -0.145. The summed E-state index contributed by atoms with van der Waals surface area (Å²) in [6.45, 7) is 6.80. The molecule has 0 aromatic heterocycles. The van der Waals surface area contributed by atoms with Crippen LogP contribution in [0.5, 0.6) is 0 Å². The van der Waals surface area contributed by atoms with Crippen LogP contribution in [0.1, 0.15) is 33.1 Å². The van der Waals surface area contributed by atoms with Crippen LogP contribution < -0.4 is 0 Å². The lowest BCUT2D eigenvalue weighted by Gasteiger charge is -2.39. The third kappa shape index (κ3) is 3.46. The Balaban J connectivity index is 2.34. The molecule has 0 amide bonds. The van der Waals surface area contributed by atoms with Gasteiger partial charge in [0, 0.05) is 6.61 Å². The summed E-state index contributed by atoms with van der Waals surface area (Å²) in [5.74, 6) is -0.143. The Hall–Kier alpha value is -0.610. The number of carbonyl (C=O) groups excluding carboxylic acids is 1. The van der Waals surface area contributed by atoms with Crippen molar-refractivity contribution in [2.75, 3.05) is 32.8 Å². The molecule has 94 valence electrons. The summed E-state index contributed by atoms with van der Waals surface area (Å²) < 4.78 is 4.92. The zero-order chi connectivity index (χ0) is 12.0. The van der Waals surface area contributed by atoms with Crippen LogP contribution in [0, 0.1) is 5.41 Å². The van der Waals surface area contributed by atoms with Gasteiger partial charge in [-0.2, -0.15) is 0 Å². The Bertz CT molecular complexity index is 216. The Labute approximate surface area is 97.6 Å². The van der Waals surface area contributed by atoms with Crippen molar-refractivity contribution in [1.82, 2.24) is 4.90 Å². The summed E-state index contributed by atoms with van der Waals surface area (Å²) in [7, 11) is 0. The third-order valence-electron chi connectivity index (χ3n) is 3.66. The molecule has 4 nitrogen and oxygen atoms in total. The van der Waals surface area contributed by atoms with E-state index in [1.54, 1.807) is 0 Å². The van der Waals surface area contributed by atoms with Crippen LogP contribution in [-0.4, -0.2) is 48.8 Å². The highest BCUT2D eigenvalue weighted by Crippen LogP contribution is 2.33. The van der Waals surface area contributed by atoms with Gasteiger partial charge in [0.05, 0.1) is 13.2 Å². The maximum atomic E-state index is 11.3. The van der Waals surface area contributed by atoms with Gasteiger partial charge in [-0.25, -0.2) is 0 Å². The number of ether oxygens (including phenoxy) is 1. The van der Waals surface area contributed by atoms with E-state index in [9.17, 15) is 9.90 Å². The molecule has 0 aromatic carbocycles. The molecular weight excluding hydrogens is 206 g/mol. The van der Waals surface area contributed by atoms with Crippen LogP contribution in [-0.2, 0) is 9.53 Å². The van der Waals surface area contributed by atoms with E-state index in [4.69, 9.17) is 4.74 Å². The summed E-state index contributed by atoms with van der Waals surface area (Å²) in [4.78, 5) is 13.4. The van der Waals surface area contributed by atoms with Crippen molar-refractivity contribution < 1.29 is 14.6 Å². The smallest absolute Gasteiger partial charge is 0.320 e. The second-order valence-corrected chi connectivity index (χ2v) is 4.59. The van der Waals surface area contributed by atoms with E-state index in [1.807, 2.05) is 6.92 Å². The molecule has 1 rings (SSSR count). The first-order chi connectivity index (χ1) is 7.65. The number of hydrogen-bond donors (Lipinski definition) is 1. The van der Waals surface area contributed by atoms with Crippen LogP contribution in [0.4, 0.5) is 0 Å². The molecule has 0 spiro atoms. The van der Waals surface area contributed by atoms with E-state index < -0.39 is 0 Å². The molecule has 0 aliphatic carbocycles. The second kappa shape index (κ2) is 6.21. The van der Waals surface area contributed by atoms with Crippen LogP contribution in [0.15, 0.2) is 0 Å². The molecule has 4 heteroatoms. The highest BCUT2D eigenvalue weighted by Gasteiger charge is 2.32. The molecule has 0 bridgehead atoms. The quantitative estimate of drug-likeness (QED) is 0.715. The number of nitrogens with zero attached hydrogens (tertiary/aromatic N) is 1. The van der Waals surface area contributed by atoms with Crippen molar-refractivity contribution in [3.8, 4) is 0 Å². The predicted molar refractivity (Wildman–Crippen MR) is 62.1 cm³/mol. The second-order valence-electron chi connectivity index (χ2n) is 4.59. The van der Waals surface area contributed by atoms with E-state index in [2.05, 4.69) is 11.8 Å². The lowest BCUT2D eigenvalue weighted by Crippen LogP contribution is -2.43. The minimum absolute atomic E-state index is 0.0885. The van der Waals surface area contributed by atoms with Crippen LogP contribution in [0.2, 0.25) is 0 Å². The Morgan fingerprint density at radius 1 is 1.38 bits per heavy atom. The monoisotopic (exact) mass is 229 g/mol. The predicted octanol–water partition coefficient (Wildman–Crippen LogP) is 1.03. The van der Waals surface area contributed by atoms with Gasteiger partial charge in [0.2, 0.25) is 0 Å². The zero-order valence-electron chi connectivity index (χ0n) is 10.4. The molecule has 1 N–H and O–H groups in total. The highest BCUT2D eigenvalue weighted by molar-refractivity contribution is 5.71. The van der Waals surface area contributed by atoms with Crippen LogP contribution in [0.25, 0.3) is 0 Å². The lowest BCUT2D eigenvalue weighted by atomic mass is 9.77. The maximum Gasteiger partial charge on any atom is 0.320 e. The first-order valence-corrected chi connectivity index (χ1v) is 6.14. The number of likely N-dealkylation sites (tertiary alicyclic amines) is 1. The Morgan fingerprint density at radius 2 is 2.00 bits per heavy atom. The fourth-order valence-corrected chi connectivity index (χ4v) is 2.20. The van der Waals surface area contributed by atoms with E-state index >= 15 is 0 Å². The first kappa shape index (κ1) is 13.5. The van der Waals surface area contributed by atoms with Crippen molar-refractivity contribution in [3.05, 3.63) is 0 Å². The summed E-state index contributed by atoms with van der Waals surface area (Å²) in [5.41, 5.74) is 0.0885. The van der Waals surface area contributed by atoms with Gasteiger partial charge in [0.25, 0.3) is 0 Å². The van der Waals surface area contributed by atoms with Gasteiger partial charge >= 0.3 is 5.97 Å². The number of esters is 1. The molecule has 0 aromatic rings. The molecule has 0 atom stereocenters. The minimum Gasteiger partial charge on any atom is -0.465 e. The summed E-state index contributed by atoms with van der Waals surface area (Å²) >= 11 is 0. The van der Waals surface area contributed by atoms with Crippen molar-refractivity contribution >= 4 is 5.97 Å². The largest absolute Gasteiger partial charge is 0.465 e. The summed E-state index contributed by atoms with van der Waals surface area (Å²) in [6, 6.07) is 0. The van der Waals surface area contributed by atoms with Gasteiger partial charge in [0.1, 0.15) is 0 Å². The van der Waals surface area contributed by atoms with Crippen LogP contribution >= 0.6 is 0 Å². The SMILES string of the molecule is CCOC(=O)CN1CCC(CC)(CO)CC1. The number of aliphatic hydroxyl groups is 1. The fourth-order valence-electron chi connectivity index (χ4n) is 2.20. The Kier molecular flexibility index (Phi) is 5.22. The number of aliphatic hydroxyl groups excluding tert-OH is 1. The number of rotatable bonds is 5. The number of piperidine rings is 1. The van der Waals surface area contributed by atoms with Gasteiger partial charge in [-0.1, -0.05) is 6.92 Å². The molecule has 1 aliphatic rings. The maximum absolute atomic E-state index is 11.3. The van der Waals surface area contributed by atoms with Gasteiger partial charge in [-0.05, 0) is 44.7 Å². The normalized spacial score (nSPS) is 20.7. The van der Waals surface area contributed by atoms with Crippen molar-refractivity contribution in [3.63, 3.8) is 0 Å². The molecule has 1 saturated heterocycles. The van der Waals surface area contributed by atoms with Gasteiger partial charge in [0.15, 0.2) is 0 Å². The van der Waals surface area contributed by atoms with E-state index in [0.29, 0.717) is 13.2 Å². The molecule has 1 aliphatic heterocycles. The van der Waals surface area contributed by atoms with Gasteiger partial charge < -0.3 is 9.84 Å². The topological polar surface area (TPSA) is 49.8 Å². The van der Waals surface area contributed by atoms with E-state index in [1.165, 1.54) is 0 Å². The molecule has 1 fully saturated rings. The summed E-state index contributed by atoms with van der Waals surface area (Å²) in [6.07, 6.45) is 2.95. The van der Waals surface area contributed by atoms with Crippen molar-refractivity contribution in [2.24, 2.45) is 5.41 Å². The van der Waals surface area contributed by atoms with E-state index in [-0.39, 0.29) is 18.0 Å². The number of hydrogen-bond acceptors (Lipinski definition) is 4. The fraction of sp³-hybridized carbons (Fsp3) is 0.917. The van der Waals surface area contributed by atoms with Crippen LogP contribution in [0.3, 0.4) is 0 Å². The van der Waals surface area contributed by atoms with E-state index in [0.717, 1.165) is 32.4 Å². The number of carbonyl (C=O) groups is 1. The van der Waals surface area contributed by atoms with Gasteiger partial charge in [-0.3, -0.25) is 9.69 Å². The Morgan fingerprint density at radius 3 is 2.44 bits per heavy atom. The first-order valence-electron chi connectivity index (χ1n) is 6.14. The molecule has 0 unspecified atom stereocenters. The van der Waals surface area contributed by atoms with Crippen molar-refractivity contribution in [1.29, 1.82) is 0 Å². The highest BCUT2D eigenvalue weighted by atomic mass is 16.5. The zero-order valence-corrected chi connectivity index (χ0v) is 10.4. The standard InChI is InChI=1S/C12H23NO3/c1-3-12(10-14)5-7-13(8-6-12)9-11(15)16-4-2/h14H,3-10H2,1-2H3. The van der Waals surface area contributed by atoms with Crippen molar-refractivity contribution in [2.45, 2.75) is 33.1 Å². The molecular formula is C12H23NO3. The summed E-state index contributed by atoms with van der Waals surface area (Å²) in [5, 5.41) is 9.38. The van der Waals surface area contributed by atoms with Gasteiger partial charge in [-0.15, -0.1) is 0 Å². The minimum atomic E-state index is -0.143. The molecule has 1 heterocycles. The molecule has 0 radical (unpaired) electrons. The molecule has 0 saturated carbocycles. The average molecular weight is 229 g/mol. The molecule has 16 heavy (non-hydrogen) atoms.